The van der Waals surface area contributed by atoms with Crippen LogP contribution in [0.1, 0.15) is 55.7 Å². The van der Waals surface area contributed by atoms with E-state index in [0.29, 0.717) is 0 Å². The topological polar surface area (TPSA) is 12.0 Å². The van der Waals surface area contributed by atoms with Crippen LogP contribution in [0.4, 0.5) is 0 Å². The Balaban J connectivity index is 2.07. The molecule has 0 saturated heterocycles. The Labute approximate surface area is 131 Å². The summed E-state index contributed by atoms with van der Waals surface area (Å²) in [6, 6.07) is 7.08. The van der Waals surface area contributed by atoms with Gasteiger partial charge in [-0.3, -0.25) is 0 Å². The van der Waals surface area contributed by atoms with E-state index in [1.807, 2.05) is 0 Å². The van der Waals surface area contributed by atoms with Gasteiger partial charge in [-0.15, -0.1) is 0 Å². The lowest BCUT2D eigenvalue weighted by Crippen LogP contribution is -2.33. The van der Waals surface area contributed by atoms with Gasteiger partial charge in [0.1, 0.15) is 0 Å². The van der Waals surface area contributed by atoms with Crippen LogP contribution in [0, 0.1) is 31.6 Å². The first-order valence-electron chi connectivity index (χ1n) is 8.84. The number of hydrogen-bond donors (Lipinski definition) is 1. The van der Waals surface area contributed by atoms with Crippen LogP contribution in [0.5, 0.6) is 0 Å². The maximum atomic E-state index is 3.42. The highest BCUT2D eigenvalue weighted by Gasteiger charge is 2.29. The zero-order valence-corrected chi connectivity index (χ0v) is 14.4. The molecular formula is C20H33N. The zero-order chi connectivity index (χ0) is 15.2. The Morgan fingerprint density at radius 3 is 2.38 bits per heavy atom. The SMILES string of the molecule is CCCC1CCC(CNC)C(Cc2cc(C)cc(C)c2)C1. The highest BCUT2D eigenvalue weighted by Crippen LogP contribution is 2.37. The van der Waals surface area contributed by atoms with Gasteiger partial charge in [-0.05, 0) is 70.0 Å². The van der Waals surface area contributed by atoms with Gasteiger partial charge in [0.15, 0.2) is 0 Å². The van der Waals surface area contributed by atoms with E-state index >= 15 is 0 Å². The smallest absolute Gasteiger partial charge is 0.00208 e. The van der Waals surface area contributed by atoms with Gasteiger partial charge < -0.3 is 5.32 Å². The van der Waals surface area contributed by atoms with Gasteiger partial charge in [-0.2, -0.15) is 0 Å². The van der Waals surface area contributed by atoms with Crippen molar-refractivity contribution in [2.24, 2.45) is 17.8 Å². The van der Waals surface area contributed by atoms with Crippen molar-refractivity contribution in [1.82, 2.24) is 5.32 Å². The molecule has 1 aliphatic rings. The first-order chi connectivity index (χ1) is 10.1. The molecule has 1 aliphatic carbocycles. The lowest BCUT2D eigenvalue weighted by molar-refractivity contribution is 0.169. The van der Waals surface area contributed by atoms with Crippen molar-refractivity contribution in [3.63, 3.8) is 0 Å². The highest BCUT2D eigenvalue weighted by molar-refractivity contribution is 5.29. The maximum Gasteiger partial charge on any atom is -0.00208 e. The van der Waals surface area contributed by atoms with Crippen LogP contribution in [0.2, 0.25) is 0 Å². The molecule has 21 heavy (non-hydrogen) atoms. The highest BCUT2D eigenvalue weighted by atomic mass is 14.8. The van der Waals surface area contributed by atoms with Crippen LogP contribution >= 0.6 is 0 Å². The molecule has 0 aromatic heterocycles. The van der Waals surface area contributed by atoms with Crippen molar-refractivity contribution < 1.29 is 0 Å². The van der Waals surface area contributed by atoms with E-state index in [0.717, 1.165) is 17.8 Å². The van der Waals surface area contributed by atoms with Crippen LogP contribution in [-0.2, 0) is 6.42 Å². The largest absolute Gasteiger partial charge is 0.319 e. The number of nitrogens with one attached hydrogen (secondary N) is 1. The third-order valence-corrected chi connectivity index (χ3v) is 5.19. The van der Waals surface area contributed by atoms with E-state index in [1.54, 1.807) is 5.56 Å². The Morgan fingerprint density at radius 2 is 1.76 bits per heavy atom. The molecule has 0 radical (unpaired) electrons. The van der Waals surface area contributed by atoms with Crippen LogP contribution < -0.4 is 5.32 Å². The summed E-state index contributed by atoms with van der Waals surface area (Å²) in [5, 5.41) is 3.42. The van der Waals surface area contributed by atoms with Crippen LogP contribution in [0.15, 0.2) is 18.2 Å². The molecule has 3 unspecified atom stereocenters. The number of aryl methyl sites for hydroxylation is 2. The fourth-order valence-corrected chi connectivity index (χ4v) is 4.36. The monoisotopic (exact) mass is 287 g/mol. The molecule has 0 bridgehead atoms. The lowest BCUT2D eigenvalue weighted by Gasteiger charge is -2.36. The Kier molecular flexibility index (Phi) is 6.29. The third-order valence-electron chi connectivity index (χ3n) is 5.19. The zero-order valence-electron chi connectivity index (χ0n) is 14.4. The second kappa shape index (κ2) is 7.98. The average Bonchev–Trinajstić information content (AvgIpc) is 2.41. The molecule has 0 amide bonds. The van der Waals surface area contributed by atoms with Crippen LogP contribution in [0.3, 0.4) is 0 Å². The molecule has 0 aliphatic heterocycles. The summed E-state index contributed by atoms with van der Waals surface area (Å²) in [6.07, 6.45) is 8.35. The molecule has 1 N–H and O–H groups in total. The van der Waals surface area contributed by atoms with E-state index in [2.05, 4.69) is 51.3 Å². The predicted octanol–water partition coefficient (Wildman–Crippen LogP) is 4.90. The van der Waals surface area contributed by atoms with Crippen molar-refractivity contribution in [3.05, 3.63) is 34.9 Å². The number of rotatable bonds is 6. The van der Waals surface area contributed by atoms with Gasteiger partial charge in [0.25, 0.3) is 0 Å². The molecule has 1 fully saturated rings. The Bertz CT molecular complexity index is 417. The first-order valence-corrected chi connectivity index (χ1v) is 8.84. The standard InChI is InChI=1S/C20H33N/c1-5-6-17-7-8-19(14-21-4)20(12-17)13-18-10-15(2)9-16(3)11-18/h9-11,17,19-21H,5-8,12-14H2,1-4H3. The average molecular weight is 287 g/mol. The summed E-state index contributed by atoms with van der Waals surface area (Å²) in [5.41, 5.74) is 4.38. The fourth-order valence-electron chi connectivity index (χ4n) is 4.36. The molecule has 3 atom stereocenters. The molecule has 1 saturated carbocycles. The van der Waals surface area contributed by atoms with Gasteiger partial charge in [-0.25, -0.2) is 0 Å². The lowest BCUT2D eigenvalue weighted by atomic mass is 9.70. The van der Waals surface area contributed by atoms with Gasteiger partial charge in [0.05, 0.1) is 0 Å². The van der Waals surface area contributed by atoms with Gasteiger partial charge in [0.2, 0.25) is 0 Å². The summed E-state index contributed by atoms with van der Waals surface area (Å²) >= 11 is 0. The minimum absolute atomic E-state index is 0.865. The van der Waals surface area contributed by atoms with Crippen molar-refractivity contribution in [1.29, 1.82) is 0 Å². The first kappa shape index (κ1) is 16.5. The third kappa shape index (κ3) is 4.85. The summed E-state index contributed by atoms with van der Waals surface area (Å²) < 4.78 is 0. The molecular weight excluding hydrogens is 254 g/mol. The van der Waals surface area contributed by atoms with E-state index < -0.39 is 0 Å². The van der Waals surface area contributed by atoms with Crippen LogP contribution in [-0.4, -0.2) is 13.6 Å². The summed E-state index contributed by atoms with van der Waals surface area (Å²) in [7, 11) is 2.10. The molecule has 0 spiro atoms. The van der Waals surface area contributed by atoms with Gasteiger partial charge >= 0.3 is 0 Å². The molecule has 118 valence electrons. The number of hydrogen-bond acceptors (Lipinski definition) is 1. The minimum Gasteiger partial charge on any atom is -0.319 e. The normalized spacial score (nSPS) is 26.0. The predicted molar refractivity (Wildman–Crippen MR) is 92.8 cm³/mol. The maximum absolute atomic E-state index is 3.42. The molecule has 1 nitrogen and oxygen atoms in total. The van der Waals surface area contributed by atoms with Crippen molar-refractivity contribution in [2.75, 3.05) is 13.6 Å². The van der Waals surface area contributed by atoms with E-state index in [-0.39, 0.29) is 0 Å². The Morgan fingerprint density at radius 1 is 1.05 bits per heavy atom. The van der Waals surface area contributed by atoms with Crippen molar-refractivity contribution in [3.8, 4) is 0 Å². The van der Waals surface area contributed by atoms with Crippen molar-refractivity contribution >= 4 is 0 Å². The molecule has 1 heteroatoms. The molecule has 2 rings (SSSR count). The second-order valence-corrected chi connectivity index (χ2v) is 7.25. The summed E-state index contributed by atoms with van der Waals surface area (Å²) in [6.45, 7) is 7.97. The van der Waals surface area contributed by atoms with E-state index in [1.165, 1.54) is 56.2 Å². The minimum atomic E-state index is 0.865. The van der Waals surface area contributed by atoms with Crippen LogP contribution in [0.25, 0.3) is 0 Å². The van der Waals surface area contributed by atoms with Gasteiger partial charge in [-0.1, -0.05) is 55.5 Å². The second-order valence-electron chi connectivity index (χ2n) is 7.25. The summed E-state index contributed by atoms with van der Waals surface area (Å²) in [4.78, 5) is 0. The fraction of sp³-hybridized carbons (Fsp3) is 0.700. The Hall–Kier alpha value is -0.820. The van der Waals surface area contributed by atoms with E-state index in [4.69, 9.17) is 0 Å². The molecule has 0 heterocycles. The molecule has 1 aromatic carbocycles. The van der Waals surface area contributed by atoms with Crippen molar-refractivity contribution in [2.45, 2.75) is 59.3 Å². The molecule has 1 aromatic rings. The number of benzene rings is 1. The van der Waals surface area contributed by atoms with E-state index in [9.17, 15) is 0 Å². The quantitative estimate of drug-likeness (QED) is 0.785. The summed E-state index contributed by atoms with van der Waals surface area (Å²) in [5.74, 6) is 2.70. The van der Waals surface area contributed by atoms with Gasteiger partial charge in [0, 0.05) is 0 Å².